The van der Waals surface area contributed by atoms with Gasteiger partial charge in [-0.05, 0) is 37.1 Å². The van der Waals surface area contributed by atoms with Crippen LogP contribution in [0.5, 0.6) is 0 Å². The molecule has 1 fully saturated rings. The predicted octanol–water partition coefficient (Wildman–Crippen LogP) is 4.08. The zero-order valence-corrected chi connectivity index (χ0v) is 15.2. The average molecular weight is 348 g/mol. The minimum atomic E-state index is -0.703. The van der Waals surface area contributed by atoms with Crippen molar-refractivity contribution in [1.82, 2.24) is 9.88 Å². The average Bonchev–Trinajstić information content (AvgIpc) is 3.21. The number of likely N-dealkylation sites (tertiary alicyclic amines) is 1. The summed E-state index contributed by atoms with van der Waals surface area (Å²) in [6.45, 7) is 6.28. The highest BCUT2D eigenvalue weighted by atomic mass is 16.4. The van der Waals surface area contributed by atoms with Crippen molar-refractivity contribution >= 4 is 16.9 Å². The van der Waals surface area contributed by atoms with Crippen LogP contribution in [0.3, 0.4) is 0 Å². The quantitative estimate of drug-likeness (QED) is 0.747. The van der Waals surface area contributed by atoms with E-state index in [9.17, 15) is 9.90 Å². The summed E-state index contributed by atoms with van der Waals surface area (Å²) in [5.41, 5.74) is 5.86. The van der Waals surface area contributed by atoms with Gasteiger partial charge in [-0.3, -0.25) is 9.69 Å². The van der Waals surface area contributed by atoms with Crippen LogP contribution in [-0.2, 0) is 11.3 Å². The van der Waals surface area contributed by atoms with E-state index in [2.05, 4.69) is 72.3 Å². The lowest BCUT2D eigenvalue weighted by atomic mass is 9.89. The van der Waals surface area contributed by atoms with Gasteiger partial charge in [-0.2, -0.15) is 0 Å². The highest BCUT2D eigenvalue weighted by molar-refractivity contribution is 5.83. The SMILES string of the molecule is Cc1ccc([C@@H]2CN(Cc3cc4c(C)cccc4[nH]3)C[C@H]2C(=O)O)cc1. The summed E-state index contributed by atoms with van der Waals surface area (Å²) in [5, 5.41) is 10.9. The van der Waals surface area contributed by atoms with Gasteiger partial charge in [0.25, 0.3) is 0 Å². The number of carbonyl (C=O) groups is 1. The van der Waals surface area contributed by atoms with Crippen LogP contribution in [0.4, 0.5) is 0 Å². The zero-order chi connectivity index (χ0) is 18.3. The van der Waals surface area contributed by atoms with Crippen LogP contribution in [0.2, 0.25) is 0 Å². The molecule has 26 heavy (non-hydrogen) atoms. The van der Waals surface area contributed by atoms with Crippen molar-refractivity contribution in [2.45, 2.75) is 26.3 Å². The molecule has 0 aliphatic carbocycles. The lowest BCUT2D eigenvalue weighted by Gasteiger charge is -2.16. The number of aromatic nitrogens is 1. The molecule has 0 radical (unpaired) electrons. The van der Waals surface area contributed by atoms with Crippen molar-refractivity contribution in [3.05, 3.63) is 70.9 Å². The molecule has 0 spiro atoms. The first kappa shape index (κ1) is 16.9. The van der Waals surface area contributed by atoms with Crippen LogP contribution in [0, 0.1) is 19.8 Å². The molecule has 3 aromatic rings. The Kier molecular flexibility index (Phi) is 4.29. The first-order valence-corrected chi connectivity index (χ1v) is 9.10. The summed E-state index contributed by atoms with van der Waals surface area (Å²) in [5.74, 6) is -1.02. The molecule has 2 heterocycles. The second-order valence-electron chi connectivity index (χ2n) is 7.49. The van der Waals surface area contributed by atoms with Crippen LogP contribution in [-0.4, -0.2) is 34.0 Å². The number of aliphatic carboxylic acids is 1. The summed E-state index contributed by atoms with van der Waals surface area (Å²) in [4.78, 5) is 17.5. The third-order valence-electron chi connectivity index (χ3n) is 5.55. The number of aromatic amines is 1. The summed E-state index contributed by atoms with van der Waals surface area (Å²) in [6, 6.07) is 16.7. The number of aryl methyl sites for hydroxylation is 2. The Morgan fingerprint density at radius 1 is 1.15 bits per heavy atom. The van der Waals surface area contributed by atoms with Gasteiger partial charge in [-0.25, -0.2) is 0 Å². The smallest absolute Gasteiger partial charge is 0.308 e. The molecule has 0 saturated carbocycles. The van der Waals surface area contributed by atoms with Crippen molar-refractivity contribution in [1.29, 1.82) is 0 Å². The Labute approximate surface area is 153 Å². The summed E-state index contributed by atoms with van der Waals surface area (Å²) in [7, 11) is 0. The van der Waals surface area contributed by atoms with E-state index in [0.717, 1.165) is 29.9 Å². The number of rotatable bonds is 4. The van der Waals surface area contributed by atoms with E-state index >= 15 is 0 Å². The van der Waals surface area contributed by atoms with E-state index in [1.165, 1.54) is 16.5 Å². The largest absolute Gasteiger partial charge is 0.481 e. The molecular weight excluding hydrogens is 324 g/mol. The first-order chi connectivity index (χ1) is 12.5. The molecule has 134 valence electrons. The van der Waals surface area contributed by atoms with Crippen LogP contribution in [0.1, 0.15) is 28.3 Å². The van der Waals surface area contributed by atoms with Crippen molar-refractivity contribution < 1.29 is 9.90 Å². The monoisotopic (exact) mass is 348 g/mol. The van der Waals surface area contributed by atoms with Gasteiger partial charge < -0.3 is 10.1 Å². The van der Waals surface area contributed by atoms with Gasteiger partial charge in [0.05, 0.1) is 5.92 Å². The summed E-state index contributed by atoms with van der Waals surface area (Å²) >= 11 is 0. The Morgan fingerprint density at radius 3 is 2.62 bits per heavy atom. The Morgan fingerprint density at radius 2 is 1.92 bits per heavy atom. The number of nitrogens with one attached hydrogen (secondary N) is 1. The summed E-state index contributed by atoms with van der Waals surface area (Å²) < 4.78 is 0. The van der Waals surface area contributed by atoms with Crippen molar-refractivity contribution in [2.75, 3.05) is 13.1 Å². The number of nitrogens with zero attached hydrogens (tertiary/aromatic N) is 1. The fourth-order valence-corrected chi connectivity index (χ4v) is 4.11. The zero-order valence-electron chi connectivity index (χ0n) is 15.2. The Balaban J connectivity index is 1.56. The molecule has 4 heteroatoms. The Bertz CT molecular complexity index is 942. The number of carboxylic acid groups (broad SMARTS) is 1. The molecule has 2 N–H and O–H groups in total. The number of fused-ring (bicyclic) bond motifs is 1. The van der Waals surface area contributed by atoms with Gasteiger partial charge in [0.1, 0.15) is 0 Å². The van der Waals surface area contributed by atoms with E-state index in [4.69, 9.17) is 0 Å². The molecular formula is C22H24N2O2. The maximum Gasteiger partial charge on any atom is 0.308 e. The fourth-order valence-electron chi connectivity index (χ4n) is 4.11. The fraction of sp³-hybridized carbons (Fsp3) is 0.318. The molecule has 1 aliphatic rings. The molecule has 4 rings (SSSR count). The summed E-state index contributed by atoms with van der Waals surface area (Å²) in [6.07, 6.45) is 0. The minimum Gasteiger partial charge on any atom is -0.481 e. The number of benzene rings is 2. The third-order valence-corrected chi connectivity index (χ3v) is 5.55. The number of hydrogen-bond acceptors (Lipinski definition) is 2. The topological polar surface area (TPSA) is 56.3 Å². The van der Waals surface area contributed by atoms with Crippen LogP contribution >= 0.6 is 0 Å². The van der Waals surface area contributed by atoms with Gasteiger partial charge in [0.15, 0.2) is 0 Å². The molecule has 4 nitrogen and oxygen atoms in total. The predicted molar refractivity (Wildman–Crippen MR) is 103 cm³/mol. The lowest BCUT2D eigenvalue weighted by molar-refractivity contribution is -0.141. The molecule has 1 aromatic heterocycles. The molecule has 2 atom stereocenters. The third kappa shape index (κ3) is 3.13. The number of carboxylic acids is 1. The van der Waals surface area contributed by atoms with Gasteiger partial charge >= 0.3 is 5.97 Å². The molecule has 2 aromatic carbocycles. The molecule has 1 aliphatic heterocycles. The maximum absolute atomic E-state index is 11.8. The Hall–Kier alpha value is -2.59. The van der Waals surface area contributed by atoms with Gasteiger partial charge in [0.2, 0.25) is 0 Å². The highest BCUT2D eigenvalue weighted by Gasteiger charge is 2.38. The standard InChI is InChI=1S/C22H24N2O2/c1-14-6-8-16(9-7-14)19-12-24(13-20(19)22(25)26)11-17-10-18-15(2)4-3-5-21(18)23-17/h3-10,19-20,23H,11-13H2,1-2H3,(H,25,26)/t19-,20+/m0/s1. The van der Waals surface area contributed by atoms with Gasteiger partial charge in [-0.1, -0.05) is 42.0 Å². The van der Waals surface area contributed by atoms with E-state index in [1.54, 1.807) is 0 Å². The van der Waals surface area contributed by atoms with Crippen molar-refractivity contribution in [3.63, 3.8) is 0 Å². The van der Waals surface area contributed by atoms with Crippen LogP contribution < -0.4 is 0 Å². The van der Waals surface area contributed by atoms with Gasteiger partial charge in [0, 0.05) is 42.1 Å². The maximum atomic E-state index is 11.8. The highest BCUT2D eigenvalue weighted by Crippen LogP contribution is 2.34. The second-order valence-corrected chi connectivity index (χ2v) is 7.49. The van der Waals surface area contributed by atoms with Crippen molar-refractivity contribution in [3.8, 4) is 0 Å². The van der Waals surface area contributed by atoms with Crippen molar-refractivity contribution in [2.24, 2.45) is 5.92 Å². The molecule has 0 bridgehead atoms. The second kappa shape index (κ2) is 6.61. The molecule has 0 amide bonds. The normalized spacial score (nSPS) is 20.7. The lowest BCUT2D eigenvalue weighted by Crippen LogP contribution is -2.23. The minimum absolute atomic E-state index is 0.0409. The first-order valence-electron chi connectivity index (χ1n) is 9.10. The van der Waals surface area contributed by atoms with Crippen LogP contribution in [0.15, 0.2) is 48.5 Å². The van der Waals surface area contributed by atoms with E-state index in [-0.39, 0.29) is 11.8 Å². The van der Waals surface area contributed by atoms with Crippen LogP contribution in [0.25, 0.3) is 10.9 Å². The van der Waals surface area contributed by atoms with E-state index in [1.807, 2.05) is 0 Å². The van der Waals surface area contributed by atoms with Gasteiger partial charge in [-0.15, -0.1) is 0 Å². The molecule has 1 saturated heterocycles. The number of hydrogen-bond donors (Lipinski definition) is 2. The molecule has 0 unspecified atom stereocenters. The van der Waals surface area contributed by atoms with E-state index < -0.39 is 5.97 Å². The number of H-pyrrole nitrogens is 1. The van der Waals surface area contributed by atoms with E-state index in [0.29, 0.717) is 6.54 Å².